The molecule has 1 fully saturated rings. The van der Waals surface area contributed by atoms with E-state index in [0.29, 0.717) is 25.2 Å². The van der Waals surface area contributed by atoms with Crippen molar-refractivity contribution in [1.82, 2.24) is 4.31 Å². The average molecular weight is 314 g/mol. The molecule has 7 heteroatoms. The number of carbonyl (C=O) groups is 1. The van der Waals surface area contributed by atoms with Crippen molar-refractivity contribution in [3.05, 3.63) is 24.3 Å². The molecule has 0 radical (unpaired) electrons. The molecule has 0 atom stereocenters. The second-order valence-corrected chi connectivity index (χ2v) is 7.61. The molecule has 20 heavy (non-hydrogen) atoms. The molecule has 1 saturated heterocycles. The van der Waals surface area contributed by atoms with Crippen LogP contribution in [-0.2, 0) is 14.8 Å². The van der Waals surface area contributed by atoms with Gasteiger partial charge in [-0.1, -0.05) is 6.92 Å². The lowest BCUT2D eigenvalue weighted by Gasteiger charge is -2.25. The van der Waals surface area contributed by atoms with Crippen LogP contribution in [0, 0.1) is 0 Å². The van der Waals surface area contributed by atoms with Gasteiger partial charge in [0.1, 0.15) is 0 Å². The Labute approximate surface area is 123 Å². The zero-order chi connectivity index (χ0) is 14.6. The molecule has 1 aliphatic heterocycles. The summed E-state index contributed by atoms with van der Waals surface area (Å²) < 4.78 is 26.3. The van der Waals surface area contributed by atoms with Gasteiger partial charge < -0.3 is 5.32 Å². The summed E-state index contributed by atoms with van der Waals surface area (Å²) in [6, 6.07) is 6.34. The Hall–Kier alpha value is -1.05. The minimum atomic E-state index is -3.41. The summed E-state index contributed by atoms with van der Waals surface area (Å²) in [7, 11) is -3.41. The zero-order valence-corrected chi connectivity index (χ0v) is 13.0. The predicted molar refractivity (Wildman–Crippen MR) is 81.4 cm³/mol. The third-order valence-corrected chi connectivity index (χ3v) is 5.92. The standard InChI is InChI=1S/C13H18N2O3S2/c1-2-13(16)14-11-3-5-12(6-4-11)20(17,18)15-7-9-19-10-8-15/h3-6H,2,7-10H2,1H3,(H,14,16). The second-order valence-electron chi connectivity index (χ2n) is 4.44. The average Bonchev–Trinajstić information content (AvgIpc) is 2.48. The van der Waals surface area contributed by atoms with Gasteiger partial charge in [-0.3, -0.25) is 4.79 Å². The topological polar surface area (TPSA) is 66.5 Å². The van der Waals surface area contributed by atoms with Crippen LogP contribution in [0.4, 0.5) is 5.69 Å². The van der Waals surface area contributed by atoms with E-state index in [1.807, 2.05) is 0 Å². The van der Waals surface area contributed by atoms with Gasteiger partial charge in [-0.2, -0.15) is 16.1 Å². The number of amides is 1. The van der Waals surface area contributed by atoms with E-state index in [1.165, 1.54) is 4.31 Å². The SMILES string of the molecule is CCC(=O)Nc1ccc(S(=O)(=O)N2CCSCC2)cc1. The summed E-state index contributed by atoms with van der Waals surface area (Å²) >= 11 is 1.77. The van der Waals surface area contributed by atoms with Crippen molar-refractivity contribution < 1.29 is 13.2 Å². The number of thioether (sulfide) groups is 1. The van der Waals surface area contributed by atoms with Gasteiger partial charge in [0, 0.05) is 36.7 Å². The normalized spacial score (nSPS) is 16.9. The molecule has 0 aliphatic carbocycles. The number of nitrogens with one attached hydrogen (secondary N) is 1. The van der Waals surface area contributed by atoms with Crippen LogP contribution in [0.15, 0.2) is 29.2 Å². The highest BCUT2D eigenvalue weighted by molar-refractivity contribution is 7.99. The zero-order valence-electron chi connectivity index (χ0n) is 11.3. The number of hydrogen-bond donors (Lipinski definition) is 1. The number of nitrogens with zero attached hydrogens (tertiary/aromatic N) is 1. The molecule has 0 aromatic heterocycles. The van der Waals surface area contributed by atoms with Crippen LogP contribution >= 0.6 is 11.8 Å². The molecule has 0 unspecified atom stereocenters. The second kappa shape index (κ2) is 6.60. The fraction of sp³-hybridized carbons (Fsp3) is 0.462. The van der Waals surface area contributed by atoms with Gasteiger partial charge in [-0.25, -0.2) is 8.42 Å². The maximum atomic E-state index is 12.4. The molecule has 1 aliphatic rings. The molecule has 0 spiro atoms. The smallest absolute Gasteiger partial charge is 0.243 e. The number of sulfonamides is 1. The van der Waals surface area contributed by atoms with E-state index in [4.69, 9.17) is 0 Å². The Morgan fingerprint density at radius 2 is 1.85 bits per heavy atom. The fourth-order valence-corrected chi connectivity index (χ4v) is 4.47. The molecule has 1 aromatic carbocycles. The Balaban J connectivity index is 2.14. The summed E-state index contributed by atoms with van der Waals surface area (Å²) in [4.78, 5) is 11.5. The van der Waals surface area contributed by atoms with Crippen molar-refractivity contribution in [2.75, 3.05) is 29.9 Å². The molecule has 2 rings (SSSR count). The van der Waals surface area contributed by atoms with E-state index in [9.17, 15) is 13.2 Å². The molecule has 110 valence electrons. The van der Waals surface area contributed by atoms with Crippen molar-refractivity contribution in [2.45, 2.75) is 18.2 Å². The van der Waals surface area contributed by atoms with Gasteiger partial charge in [0.25, 0.3) is 0 Å². The van der Waals surface area contributed by atoms with E-state index in [0.717, 1.165) is 11.5 Å². The van der Waals surface area contributed by atoms with Crippen molar-refractivity contribution in [3.63, 3.8) is 0 Å². The lowest BCUT2D eigenvalue weighted by Crippen LogP contribution is -2.37. The van der Waals surface area contributed by atoms with Crippen LogP contribution in [-0.4, -0.2) is 43.2 Å². The lowest BCUT2D eigenvalue weighted by molar-refractivity contribution is -0.115. The Morgan fingerprint density at radius 3 is 2.40 bits per heavy atom. The molecular weight excluding hydrogens is 296 g/mol. The maximum absolute atomic E-state index is 12.4. The van der Waals surface area contributed by atoms with E-state index < -0.39 is 10.0 Å². The minimum absolute atomic E-state index is 0.0892. The molecule has 1 aromatic rings. The maximum Gasteiger partial charge on any atom is 0.243 e. The van der Waals surface area contributed by atoms with E-state index >= 15 is 0 Å². The van der Waals surface area contributed by atoms with Crippen LogP contribution in [0.3, 0.4) is 0 Å². The van der Waals surface area contributed by atoms with Gasteiger partial charge in [0.2, 0.25) is 15.9 Å². The Kier molecular flexibility index (Phi) is 5.06. The summed E-state index contributed by atoms with van der Waals surface area (Å²) in [6.45, 7) is 2.88. The first-order chi connectivity index (χ1) is 9.54. The molecule has 5 nitrogen and oxygen atoms in total. The van der Waals surface area contributed by atoms with Crippen molar-refractivity contribution in [3.8, 4) is 0 Å². The number of carbonyl (C=O) groups excluding carboxylic acids is 1. The van der Waals surface area contributed by atoms with Gasteiger partial charge in [0.05, 0.1) is 4.90 Å². The molecule has 0 saturated carbocycles. The first-order valence-corrected chi connectivity index (χ1v) is 9.11. The van der Waals surface area contributed by atoms with Crippen LogP contribution in [0.25, 0.3) is 0 Å². The summed E-state index contributed by atoms with van der Waals surface area (Å²) in [5.74, 6) is 1.59. The molecule has 0 bridgehead atoms. The van der Waals surface area contributed by atoms with Crippen molar-refractivity contribution in [1.29, 1.82) is 0 Å². The quantitative estimate of drug-likeness (QED) is 0.920. The molecule has 1 amide bonds. The molecule has 1 N–H and O–H groups in total. The van der Waals surface area contributed by atoms with E-state index in [2.05, 4.69) is 5.32 Å². The van der Waals surface area contributed by atoms with Crippen LogP contribution in [0.1, 0.15) is 13.3 Å². The van der Waals surface area contributed by atoms with Gasteiger partial charge in [-0.15, -0.1) is 0 Å². The number of benzene rings is 1. The number of hydrogen-bond acceptors (Lipinski definition) is 4. The first kappa shape index (κ1) is 15.3. The highest BCUT2D eigenvalue weighted by Crippen LogP contribution is 2.21. The highest BCUT2D eigenvalue weighted by atomic mass is 32.2. The Morgan fingerprint density at radius 1 is 1.25 bits per heavy atom. The molecule has 1 heterocycles. The summed E-state index contributed by atoms with van der Waals surface area (Å²) in [5.41, 5.74) is 0.616. The van der Waals surface area contributed by atoms with Crippen LogP contribution in [0.2, 0.25) is 0 Å². The van der Waals surface area contributed by atoms with Crippen LogP contribution < -0.4 is 5.32 Å². The van der Waals surface area contributed by atoms with Crippen LogP contribution in [0.5, 0.6) is 0 Å². The monoisotopic (exact) mass is 314 g/mol. The molecular formula is C13H18N2O3S2. The highest BCUT2D eigenvalue weighted by Gasteiger charge is 2.25. The van der Waals surface area contributed by atoms with Crippen molar-refractivity contribution in [2.24, 2.45) is 0 Å². The third kappa shape index (κ3) is 3.53. The van der Waals surface area contributed by atoms with E-state index in [-0.39, 0.29) is 10.8 Å². The van der Waals surface area contributed by atoms with Gasteiger partial charge in [-0.05, 0) is 24.3 Å². The summed E-state index contributed by atoms with van der Waals surface area (Å²) in [6.07, 6.45) is 0.394. The van der Waals surface area contributed by atoms with Gasteiger partial charge >= 0.3 is 0 Å². The summed E-state index contributed by atoms with van der Waals surface area (Å²) in [5, 5.41) is 2.70. The van der Waals surface area contributed by atoms with Crippen molar-refractivity contribution >= 4 is 33.4 Å². The first-order valence-electron chi connectivity index (χ1n) is 6.52. The largest absolute Gasteiger partial charge is 0.326 e. The predicted octanol–water partition coefficient (Wildman–Crippen LogP) is 1.77. The Bertz CT molecular complexity index is 564. The minimum Gasteiger partial charge on any atom is -0.326 e. The van der Waals surface area contributed by atoms with Gasteiger partial charge in [0.15, 0.2) is 0 Å². The third-order valence-electron chi connectivity index (χ3n) is 3.07. The number of rotatable bonds is 4. The number of anilines is 1. The fourth-order valence-electron chi connectivity index (χ4n) is 1.90. The lowest BCUT2D eigenvalue weighted by atomic mass is 10.3. The van der Waals surface area contributed by atoms with E-state index in [1.54, 1.807) is 43.0 Å².